The molecule has 0 aliphatic carbocycles. The lowest BCUT2D eigenvalue weighted by molar-refractivity contribution is 0.514. The molecule has 2 aromatic rings. The van der Waals surface area contributed by atoms with E-state index in [-0.39, 0.29) is 11.0 Å². The minimum Gasteiger partial charge on any atom is -0.351 e. The minimum absolute atomic E-state index is 0.148. The molecule has 1 fully saturated rings. The van der Waals surface area contributed by atoms with E-state index in [1.54, 1.807) is 0 Å². The Morgan fingerprint density at radius 3 is 2.57 bits per heavy atom. The molecule has 3 rings (SSSR count). The standard InChI is InChI=1S/C19H26N2/c1-18(2,3)16-9-6-8-14-12-17(20-13-15(14)16)21-11-7-10-19(21,4)5/h6,8-9,12-13H,7,10-11H2,1-5H3. The molecule has 1 aromatic heterocycles. The maximum atomic E-state index is 4.78. The summed E-state index contributed by atoms with van der Waals surface area (Å²) < 4.78 is 0. The van der Waals surface area contributed by atoms with E-state index in [1.807, 2.05) is 0 Å². The second kappa shape index (κ2) is 4.72. The van der Waals surface area contributed by atoms with Gasteiger partial charge in [0.05, 0.1) is 0 Å². The molecule has 2 heteroatoms. The van der Waals surface area contributed by atoms with Crippen molar-refractivity contribution in [2.75, 3.05) is 11.4 Å². The Kier molecular flexibility index (Phi) is 3.23. The van der Waals surface area contributed by atoms with Crippen LogP contribution in [-0.4, -0.2) is 17.1 Å². The number of rotatable bonds is 1. The zero-order chi connectivity index (χ0) is 15.3. The van der Waals surface area contributed by atoms with E-state index >= 15 is 0 Å². The van der Waals surface area contributed by atoms with Crippen molar-refractivity contribution < 1.29 is 0 Å². The number of fused-ring (bicyclic) bond motifs is 1. The molecule has 112 valence electrons. The highest BCUT2D eigenvalue weighted by molar-refractivity contribution is 5.88. The second-order valence-electron chi connectivity index (χ2n) is 7.89. The number of aromatic nitrogens is 1. The molecular weight excluding hydrogens is 256 g/mol. The topological polar surface area (TPSA) is 16.1 Å². The molecule has 0 spiro atoms. The van der Waals surface area contributed by atoms with Gasteiger partial charge in [-0.15, -0.1) is 0 Å². The zero-order valence-electron chi connectivity index (χ0n) is 13.9. The van der Waals surface area contributed by atoms with Crippen molar-refractivity contribution in [3.63, 3.8) is 0 Å². The first-order chi connectivity index (χ1) is 9.79. The number of hydrogen-bond acceptors (Lipinski definition) is 2. The molecule has 0 bridgehead atoms. The predicted octanol–water partition coefficient (Wildman–Crippen LogP) is 4.91. The van der Waals surface area contributed by atoms with Crippen molar-refractivity contribution in [2.45, 2.75) is 58.4 Å². The van der Waals surface area contributed by atoms with Gasteiger partial charge in [-0.3, -0.25) is 0 Å². The lowest BCUT2D eigenvalue weighted by Crippen LogP contribution is -2.38. The highest BCUT2D eigenvalue weighted by Crippen LogP contribution is 2.35. The van der Waals surface area contributed by atoms with Gasteiger partial charge in [-0.2, -0.15) is 0 Å². The molecule has 2 heterocycles. The van der Waals surface area contributed by atoms with Gasteiger partial charge in [0.1, 0.15) is 5.82 Å². The fraction of sp³-hybridized carbons (Fsp3) is 0.526. The maximum absolute atomic E-state index is 4.78. The summed E-state index contributed by atoms with van der Waals surface area (Å²) in [6.07, 6.45) is 4.57. The average molecular weight is 282 g/mol. The summed E-state index contributed by atoms with van der Waals surface area (Å²) in [7, 11) is 0. The third-order valence-electron chi connectivity index (χ3n) is 4.74. The Morgan fingerprint density at radius 1 is 1.19 bits per heavy atom. The van der Waals surface area contributed by atoms with Crippen LogP contribution in [0.15, 0.2) is 30.5 Å². The third kappa shape index (κ3) is 2.52. The molecule has 1 saturated heterocycles. The van der Waals surface area contributed by atoms with Gasteiger partial charge in [0.2, 0.25) is 0 Å². The average Bonchev–Trinajstić information content (AvgIpc) is 2.76. The van der Waals surface area contributed by atoms with Crippen molar-refractivity contribution >= 4 is 16.6 Å². The molecular formula is C19H26N2. The Balaban J connectivity index is 2.10. The zero-order valence-corrected chi connectivity index (χ0v) is 13.9. The third-order valence-corrected chi connectivity index (χ3v) is 4.74. The van der Waals surface area contributed by atoms with Gasteiger partial charge in [-0.1, -0.05) is 39.0 Å². The van der Waals surface area contributed by atoms with Gasteiger partial charge >= 0.3 is 0 Å². The molecule has 0 saturated carbocycles. The summed E-state index contributed by atoms with van der Waals surface area (Å²) in [4.78, 5) is 7.24. The summed E-state index contributed by atoms with van der Waals surface area (Å²) in [6.45, 7) is 12.5. The SMILES string of the molecule is CC(C)(C)c1cccc2cc(N3CCCC3(C)C)ncc12. The molecule has 0 N–H and O–H groups in total. The molecule has 0 atom stereocenters. The molecule has 0 amide bonds. The van der Waals surface area contributed by atoms with E-state index in [0.717, 1.165) is 12.4 Å². The molecule has 0 radical (unpaired) electrons. The van der Waals surface area contributed by atoms with Crippen LogP contribution >= 0.6 is 0 Å². The van der Waals surface area contributed by atoms with Gasteiger partial charge < -0.3 is 4.90 Å². The van der Waals surface area contributed by atoms with Gasteiger partial charge in [0, 0.05) is 23.7 Å². The first-order valence-corrected chi connectivity index (χ1v) is 7.96. The van der Waals surface area contributed by atoms with Crippen molar-refractivity contribution in [3.05, 3.63) is 36.0 Å². The van der Waals surface area contributed by atoms with E-state index in [0.29, 0.717) is 0 Å². The monoisotopic (exact) mass is 282 g/mol. The van der Waals surface area contributed by atoms with Gasteiger partial charge in [0.15, 0.2) is 0 Å². The van der Waals surface area contributed by atoms with Crippen LogP contribution in [0.1, 0.15) is 53.0 Å². The van der Waals surface area contributed by atoms with Crippen LogP contribution in [0.5, 0.6) is 0 Å². The summed E-state index contributed by atoms with van der Waals surface area (Å²) in [6, 6.07) is 8.86. The van der Waals surface area contributed by atoms with E-state index in [2.05, 4.69) is 70.0 Å². The first-order valence-electron chi connectivity index (χ1n) is 7.96. The fourth-order valence-electron chi connectivity index (χ4n) is 3.49. The summed E-state index contributed by atoms with van der Waals surface area (Å²) in [5, 5.41) is 2.58. The highest BCUT2D eigenvalue weighted by Gasteiger charge is 2.32. The Morgan fingerprint density at radius 2 is 1.95 bits per heavy atom. The number of nitrogens with zero attached hydrogens (tertiary/aromatic N) is 2. The number of hydrogen-bond donors (Lipinski definition) is 0. The summed E-state index contributed by atoms with van der Waals surface area (Å²) >= 11 is 0. The largest absolute Gasteiger partial charge is 0.351 e. The molecule has 1 aliphatic rings. The maximum Gasteiger partial charge on any atom is 0.129 e. The molecule has 0 unspecified atom stereocenters. The Hall–Kier alpha value is -1.57. The second-order valence-corrected chi connectivity index (χ2v) is 7.89. The van der Waals surface area contributed by atoms with E-state index in [1.165, 1.54) is 29.2 Å². The van der Waals surface area contributed by atoms with Crippen LogP contribution in [0.2, 0.25) is 0 Å². The molecule has 21 heavy (non-hydrogen) atoms. The van der Waals surface area contributed by atoms with E-state index in [9.17, 15) is 0 Å². The van der Waals surface area contributed by atoms with Crippen LogP contribution in [-0.2, 0) is 5.41 Å². The van der Waals surface area contributed by atoms with Crippen LogP contribution in [0.4, 0.5) is 5.82 Å². The lowest BCUT2D eigenvalue weighted by Gasteiger charge is -2.33. The summed E-state index contributed by atoms with van der Waals surface area (Å²) in [5.74, 6) is 1.12. The van der Waals surface area contributed by atoms with Crippen molar-refractivity contribution in [2.24, 2.45) is 0 Å². The van der Waals surface area contributed by atoms with Crippen molar-refractivity contribution in [1.29, 1.82) is 0 Å². The van der Waals surface area contributed by atoms with Crippen LogP contribution in [0, 0.1) is 0 Å². The number of anilines is 1. The predicted molar refractivity (Wildman–Crippen MR) is 91.1 cm³/mol. The highest BCUT2D eigenvalue weighted by atomic mass is 15.3. The van der Waals surface area contributed by atoms with Crippen LogP contribution < -0.4 is 4.90 Å². The normalized spacial score (nSPS) is 18.4. The fourth-order valence-corrected chi connectivity index (χ4v) is 3.49. The van der Waals surface area contributed by atoms with Crippen molar-refractivity contribution in [1.82, 2.24) is 4.98 Å². The molecule has 1 aliphatic heterocycles. The summed E-state index contributed by atoms with van der Waals surface area (Å²) in [5.41, 5.74) is 1.75. The Bertz CT molecular complexity index is 665. The Labute approximate surface area is 128 Å². The van der Waals surface area contributed by atoms with Gasteiger partial charge in [0.25, 0.3) is 0 Å². The molecule has 1 aromatic carbocycles. The van der Waals surface area contributed by atoms with Crippen molar-refractivity contribution in [3.8, 4) is 0 Å². The minimum atomic E-state index is 0.148. The lowest BCUT2D eigenvalue weighted by atomic mass is 9.84. The number of benzene rings is 1. The first kappa shape index (κ1) is 14.4. The van der Waals surface area contributed by atoms with Crippen LogP contribution in [0.3, 0.4) is 0 Å². The van der Waals surface area contributed by atoms with E-state index < -0.39 is 0 Å². The van der Waals surface area contributed by atoms with E-state index in [4.69, 9.17) is 4.98 Å². The quantitative estimate of drug-likeness (QED) is 0.738. The van der Waals surface area contributed by atoms with Crippen LogP contribution in [0.25, 0.3) is 10.8 Å². The van der Waals surface area contributed by atoms with Gasteiger partial charge in [-0.25, -0.2) is 4.98 Å². The van der Waals surface area contributed by atoms with Gasteiger partial charge in [-0.05, 0) is 49.1 Å². The number of pyridine rings is 1. The smallest absolute Gasteiger partial charge is 0.129 e. The molecule has 2 nitrogen and oxygen atoms in total.